The van der Waals surface area contributed by atoms with E-state index in [-0.39, 0.29) is 18.3 Å². The second-order valence-corrected chi connectivity index (χ2v) is 7.38. The maximum atomic E-state index is 12.9. The number of hydrogen-bond donors (Lipinski definition) is 3. The van der Waals surface area contributed by atoms with Gasteiger partial charge >= 0.3 is 5.97 Å². The van der Waals surface area contributed by atoms with Crippen LogP contribution >= 0.6 is 0 Å². The molecule has 0 aromatic heterocycles. The number of aliphatic hydroxyl groups is 1. The predicted octanol–water partition coefficient (Wildman–Crippen LogP) is 3.20. The number of carbonyl (C=O) groups excluding carboxylic acids is 2. The molecule has 0 spiro atoms. The summed E-state index contributed by atoms with van der Waals surface area (Å²) >= 11 is 0. The Morgan fingerprint density at radius 3 is 2.59 bits per heavy atom. The van der Waals surface area contributed by atoms with Crippen molar-refractivity contribution in [1.82, 2.24) is 0 Å². The molecule has 0 saturated heterocycles. The molecule has 0 saturated carbocycles. The van der Waals surface area contributed by atoms with Crippen LogP contribution in [0, 0.1) is 0 Å². The summed E-state index contributed by atoms with van der Waals surface area (Å²) in [4.78, 5) is 24.6. The summed E-state index contributed by atoms with van der Waals surface area (Å²) in [5.74, 6) is -0.867. The van der Waals surface area contributed by atoms with Crippen molar-refractivity contribution in [2.45, 2.75) is 31.5 Å². The fraction of sp³-hybridized carbons (Fsp3) is 0.333. The molecule has 1 aliphatic heterocycles. The molecule has 3 rings (SSSR count). The Hall–Kier alpha value is -3.36. The van der Waals surface area contributed by atoms with Gasteiger partial charge in [-0.05, 0) is 48.7 Å². The van der Waals surface area contributed by atoms with Crippen molar-refractivity contribution in [2.75, 3.05) is 31.4 Å². The quantitative estimate of drug-likeness (QED) is 0.311. The maximum absolute atomic E-state index is 12.9. The fourth-order valence-corrected chi connectivity index (χ4v) is 3.36. The Labute approximate surface area is 187 Å². The average Bonchev–Trinajstić information content (AvgIpc) is 2.82. The first-order valence-electron chi connectivity index (χ1n) is 10.5. The number of anilines is 2. The van der Waals surface area contributed by atoms with E-state index in [1.54, 1.807) is 42.5 Å². The van der Waals surface area contributed by atoms with Crippen LogP contribution in [0.25, 0.3) is 0 Å². The smallest absolute Gasteiger partial charge is 0.337 e. The molecule has 1 amide bonds. The number of ether oxygens (including phenoxy) is 3. The number of rotatable bonds is 9. The molecule has 1 heterocycles. The molecule has 170 valence electrons. The van der Waals surface area contributed by atoms with Crippen LogP contribution in [0.3, 0.4) is 0 Å². The van der Waals surface area contributed by atoms with E-state index in [1.807, 2.05) is 12.1 Å². The Morgan fingerprint density at radius 2 is 1.91 bits per heavy atom. The van der Waals surface area contributed by atoms with E-state index in [9.17, 15) is 9.59 Å². The lowest BCUT2D eigenvalue weighted by Crippen LogP contribution is -2.29. The number of esters is 1. The first kappa shape index (κ1) is 23.3. The topological polar surface area (TPSA) is 120 Å². The Balaban J connectivity index is 1.79. The highest BCUT2D eigenvalue weighted by molar-refractivity contribution is 6.04. The number of allylic oxidation sites excluding steroid dienone is 1. The van der Waals surface area contributed by atoms with Gasteiger partial charge in [0, 0.05) is 18.9 Å². The zero-order valence-electron chi connectivity index (χ0n) is 18.0. The molecular formula is C24H28N2O6. The van der Waals surface area contributed by atoms with E-state index in [1.165, 1.54) is 7.11 Å². The molecule has 0 radical (unpaired) electrons. The van der Waals surface area contributed by atoms with Crippen LogP contribution in [0.2, 0.25) is 0 Å². The molecule has 0 unspecified atom stereocenters. The van der Waals surface area contributed by atoms with Crippen molar-refractivity contribution in [3.05, 3.63) is 71.5 Å². The average molecular weight is 440 g/mol. The van der Waals surface area contributed by atoms with E-state index in [0.717, 1.165) is 5.56 Å². The van der Waals surface area contributed by atoms with E-state index in [4.69, 9.17) is 25.1 Å². The van der Waals surface area contributed by atoms with Crippen LogP contribution in [0.5, 0.6) is 0 Å². The van der Waals surface area contributed by atoms with Gasteiger partial charge in [-0.1, -0.05) is 24.3 Å². The van der Waals surface area contributed by atoms with Crippen molar-refractivity contribution in [3.8, 4) is 0 Å². The van der Waals surface area contributed by atoms with E-state index in [2.05, 4.69) is 5.32 Å². The molecule has 32 heavy (non-hydrogen) atoms. The highest BCUT2D eigenvalue weighted by Gasteiger charge is 2.29. The Bertz CT molecular complexity index is 957. The fourth-order valence-electron chi connectivity index (χ4n) is 3.36. The number of methoxy groups -OCH3 is 1. The summed E-state index contributed by atoms with van der Waals surface area (Å²) in [6.45, 7) is 0.496. The second-order valence-electron chi connectivity index (χ2n) is 7.38. The third kappa shape index (κ3) is 6.09. The minimum absolute atomic E-state index is 0.0934. The molecule has 2 aromatic carbocycles. The highest BCUT2D eigenvalue weighted by atomic mass is 16.7. The van der Waals surface area contributed by atoms with Crippen molar-refractivity contribution >= 4 is 23.3 Å². The van der Waals surface area contributed by atoms with Crippen LogP contribution in [0.4, 0.5) is 11.4 Å². The number of aliphatic hydroxyl groups excluding tert-OH is 1. The number of para-hydroxylation sites is 2. The van der Waals surface area contributed by atoms with Gasteiger partial charge in [-0.15, -0.1) is 0 Å². The number of amides is 1. The Kier molecular flexibility index (Phi) is 8.24. The molecule has 1 aliphatic rings. The lowest BCUT2D eigenvalue weighted by molar-refractivity contribution is -0.143. The maximum Gasteiger partial charge on any atom is 0.337 e. The summed E-state index contributed by atoms with van der Waals surface area (Å²) in [6.07, 6.45) is 2.93. The molecule has 2 atom stereocenters. The number of benzene rings is 2. The van der Waals surface area contributed by atoms with Crippen molar-refractivity contribution < 1.29 is 28.9 Å². The number of nitrogen functional groups attached to an aromatic ring is 1. The second kappa shape index (κ2) is 11.3. The summed E-state index contributed by atoms with van der Waals surface area (Å²) in [5.41, 5.74) is 8.23. The van der Waals surface area contributed by atoms with Crippen LogP contribution in [-0.2, 0) is 19.0 Å². The van der Waals surface area contributed by atoms with E-state index >= 15 is 0 Å². The lowest BCUT2D eigenvalue weighted by atomic mass is 9.92. The minimum atomic E-state index is -0.627. The zero-order valence-corrected chi connectivity index (χ0v) is 18.0. The molecule has 0 fully saturated rings. The first-order valence-corrected chi connectivity index (χ1v) is 10.5. The summed E-state index contributed by atoms with van der Waals surface area (Å²) in [6, 6.07) is 14.0. The van der Waals surface area contributed by atoms with Gasteiger partial charge in [-0.2, -0.15) is 0 Å². The molecule has 8 nitrogen and oxygen atoms in total. The molecular weight excluding hydrogens is 412 g/mol. The lowest BCUT2D eigenvalue weighted by Gasteiger charge is -2.29. The third-order valence-corrected chi connectivity index (χ3v) is 5.11. The largest absolute Gasteiger partial charge is 0.465 e. The van der Waals surface area contributed by atoms with E-state index < -0.39 is 18.2 Å². The van der Waals surface area contributed by atoms with Gasteiger partial charge < -0.3 is 30.4 Å². The first-order chi connectivity index (χ1) is 15.5. The number of carbonyl (C=O) groups is 2. The van der Waals surface area contributed by atoms with Crippen molar-refractivity contribution in [1.29, 1.82) is 0 Å². The van der Waals surface area contributed by atoms with Gasteiger partial charge in [0.05, 0.1) is 30.7 Å². The van der Waals surface area contributed by atoms with Gasteiger partial charge in [-0.3, -0.25) is 4.79 Å². The molecule has 2 aromatic rings. The predicted molar refractivity (Wildman–Crippen MR) is 120 cm³/mol. The monoisotopic (exact) mass is 440 g/mol. The Morgan fingerprint density at radius 1 is 1.16 bits per heavy atom. The van der Waals surface area contributed by atoms with Gasteiger partial charge in [-0.25, -0.2) is 4.79 Å². The number of hydrogen-bond acceptors (Lipinski definition) is 7. The SMILES string of the molecule is COC(=O)c1ccc([C@@H]2C=C(C(=O)Nc3ccccc3N)O[C@H](OCCCCO)C2)cc1. The van der Waals surface area contributed by atoms with Crippen LogP contribution in [0.15, 0.2) is 60.4 Å². The summed E-state index contributed by atoms with van der Waals surface area (Å²) in [7, 11) is 1.33. The minimum Gasteiger partial charge on any atom is -0.465 e. The number of unbranched alkanes of at least 4 members (excludes halogenated alkanes) is 1. The summed E-state index contributed by atoms with van der Waals surface area (Å²) in [5, 5.41) is 11.7. The zero-order chi connectivity index (χ0) is 22.9. The van der Waals surface area contributed by atoms with Crippen LogP contribution in [0.1, 0.15) is 41.1 Å². The van der Waals surface area contributed by atoms with Gasteiger partial charge in [0.25, 0.3) is 5.91 Å². The van der Waals surface area contributed by atoms with Gasteiger partial charge in [0.2, 0.25) is 6.29 Å². The van der Waals surface area contributed by atoms with Gasteiger partial charge in [0.15, 0.2) is 5.76 Å². The van der Waals surface area contributed by atoms with Crippen LogP contribution in [-0.4, -0.2) is 43.6 Å². The molecule has 8 heteroatoms. The van der Waals surface area contributed by atoms with Crippen molar-refractivity contribution in [3.63, 3.8) is 0 Å². The molecule has 0 bridgehead atoms. The number of nitrogens with two attached hydrogens (primary N) is 1. The van der Waals surface area contributed by atoms with Crippen LogP contribution < -0.4 is 11.1 Å². The van der Waals surface area contributed by atoms with Gasteiger partial charge in [0.1, 0.15) is 0 Å². The standard InChI is InChI=1S/C24H28N2O6/c1-30-24(29)17-10-8-16(9-11-17)18-14-21(32-22(15-18)31-13-5-4-12-27)23(28)26-20-7-3-2-6-19(20)25/h2-3,6-11,14,18,22,27H,4-5,12-13,15,25H2,1H3,(H,26,28)/t18-,22+/m1/s1. The van der Waals surface area contributed by atoms with E-state index in [0.29, 0.717) is 42.8 Å². The molecule has 4 N–H and O–H groups in total. The normalized spacial score (nSPS) is 17.8. The highest BCUT2D eigenvalue weighted by Crippen LogP contribution is 2.32. The molecule has 0 aliphatic carbocycles. The van der Waals surface area contributed by atoms with Crippen molar-refractivity contribution in [2.24, 2.45) is 0 Å². The number of nitrogens with one attached hydrogen (secondary N) is 1. The summed E-state index contributed by atoms with van der Waals surface area (Å²) < 4.78 is 16.4. The third-order valence-electron chi connectivity index (χ3n) is 5.11.